The van der Waals surface area contributed by atoms with Crippen LogP contribution in [-0.4, -0.2) is 34.9 Å². The average Bonchev–Trinajstić information content (AvgIpc) is 3.12. The Bertz CT molecular complexity index is 701. The number of amides is 1. The lowest BCUT2D eigenvalue weighted by Gasteiger charge is -2.42. The fraction of sp³-hybridized carbons (Fsp3) is 0.529. The molecule has 0 spiro atoms. The first-order valence-corrected chi connectivity index (χ1v) is 8.78. The molecule has 2 aromatic rings. The number of hydrogen-bond donors (Lipinski definition) is 1. The number of hydrogen-bond acceptors (Lipinski definition) is 5. The molecule has 1 aliphatic rings. The zero-order valence-electron chi connectivity index (χ0n) is 14.7. The Balaban J connectivity index is 0.00000156. The molecule has 0 aliphatic carbocycles. The number of rotatable bonds is 3. The van der Waals surface area contributed by atoms with Gasteiger partial charge in [0.05, 0.1) is 17.0 Å². The lowest BCUT2D eigenvalue weighted by Crippen LogP contribution is -2.54. The molecule has 2 aromatic heterocycles. The molecule has 1 unspecified atom stereocenters. The molecule has 0 aromatic carbocycles. The van der Waals surface area contributed by atoms with E-state index in [0.29, 0.717) is 12.4 Å². The van der Waals surface area contributed by atoms with E-state index in [2.05, 4.69) is 18.8 Å². The van der Waals surface area contributed by atoms with Gasteiger partial charge in [-0.2, -0.15) is 0 Å². The number of likely N-dealkylation sites (tertiary alicyclic amines) is 1. The third kappa shape index (κ3) is 4.76. The summed E-state index contributed by atoms with van der Waals surface area (Å²) in [6.07, 6.45) is 1.13. The van der Waals surface area contributed by atoms with Crippen LogP contribution in [0.1, 0.15) is 31.7 Å². The first kappa shape index (κ1) is 22.0. The van der Waals surface area contributed by atoms with E-state index in [0.717, 1.165) is 29.3 Å². The highest BCUT2D eigenvalue weighted by molar-refractivity contribution is 7.13. The summed E-state index contributed by atoms with van der Waals surface area (Å²) in [5.74, 6) is 1.41. The van der Waals surface area contributed by atoms with E-state index < -0.39 is 0 Å². The van der Waals surface area contributed by atoms with E-state index in [9.17, 15) is 4.79 Å². The van der Waals surface area contributed by atoms with Crippen molar-refractivity contribution >= 4 is 42.1 Å². The van der Waals surface area contributed by atoms with Gasteiger partial charge in [0.2, 0.25) is 11.8 Å². The Labute approximate surface area is 164 Å². The Morgan fingerprint density at radius 2 is 2.20 bits per heavy atom. The quantitative estimate of drug-likeness (QED) is 0.844. The van der Waals surface area contributed by atoms with Gasteiger partial charge in [-0.25, -0.2) is 4.98 Å². The van der Waals surface area contributed by atoms with Crippen LogP contribution in [0.25, 0.3) is 10.8 Å². The number of carbonyl (C=O) groups excluding carboxylic acids is 1. The summed E-state index contributed by atoms with van der Waals surface area (Å²) in [6.45, 7) is 7.52. The van der Waals surface area contributed by atoms with Gasteiger partial charge in [-0.1, -0.05) is 19.9 Å². The molecule has 0 saturated carbocycles. The van der Waals surface area contributed by atoms with Crippen molar-refractivity contribution in [1.82, 2.24) is 9.88 Å². The maximum atomic E-state index is 12.6. The number of oxazole rings is 1. The molecule has 0 radical (unpaired) electrons. The summed E-state index contributed by atoms with van der Waals surface area (Å²) >= 11 is 1.58. The molecular weight excluding hydrogens is 381 g/mol. The van der Waals surface area contributed by atoms with Crippen molar-refractivity contribution in [2.45, 2.75) is 39.7 Å². The maximum Gasteiger partial charge on any atom is 0.236 e. The largest absolute Gasteiger partial charge is 0.440 e. The third-order valence-corrected chi connectivity index (χ3v) is 5.47. The monoisotopic (exact) mass is 405 g/mol. The van der Waals surface area contributed by atoms with Gasteiger partial charge in [0.25, 0.3) is 0 Å². The molecule has 1 fully saturated rings. The summed E-state index contributed by atoms with van der Waals surface area (Å²) in [5, 5.41) is 1.98. The van der Waals surface area contributed by atoms with Crippen molar-refractivity contribution in [3.05, 3.63) is 29.0 Å². The van der Waals surface area contributed by atoms with Crippen LogP contribution in [0.15, 0.2) is 21.9 Å². The summed E-state index contributed by atoms with van der Waals surface area (Å²) in [7, 11) is 0. The summed E-state index contributed by atoms with van der Waals surface area (Å²) in [5.41, 5.74) is 6.83. The van der Waals surface area contributed by atoms with Crippen LogP contribution < -0.4 is 5.73 Å². The molecule has 5 nitrogen and oxygen atoms in total. The van der Waals surface area contributed by atoms with Gasteiger partial charge in [0, 0.05) is 19.1 Å². The average molecular weight is 406 g/mol. The minimum Gasteiger partial charge on any atom is -0.440 e. The number of nitrogens with zero attached hydrogens (tertiary/aromatic N) is 2. The number of piperidine rings is 1. The van der Waals surface area contributed by atoms with Gasteiger partial charge in [-0.3, -0.25) is 4.79 Å². The third-order valence-electron chi connectivity index (χ3n) is 4.61. The second-order valence-electron chi connectivity index (χ2n) is 6.88. The van der Waals surface area contributed by atoms with Gasteiger partial charge in [0.15, 0.2) is 0 Å². The van der Waals surface area contributed by atoms with Crippen molar-refractivity contribution in [1.29, 1.82) is 0 Å². The van der Waals surface area contributed by atoms with Crippen molar-refractivity contribution in [3.8, 4) is 10.8 Å². The van der Waals surface area contributed by atoms with Gasteiger partial charge in [0.1, 0.15) is 5.76 Å². The van der Waals surface area contributed by atoms with E-state index >= 15 is 0 Å². The second-order valence-corrected chi connectivity index (χ2v) is 7.82. The van der Waals surface area contributed by atoms with Gasteiger partial charge < -0.3 is 15.1 Å². The normalized spacial score (nSPS) is 19.0. The number of halogens is 2. The molecule has 140 valence electrons. The van der Waals surface area contributed by atoms with E-state index in [-0.39, 0.29) is 48.6 Å². The molecule has 1 amide bonds. The molecule has 25 heavy (non-hydrogen) atoms. The highest BCUT2D eigenvalue weighted by Gasteiger charge is 2.35. The predicted molar refractivity (Wildman–Crippen MR) is 106 cm³/mol. The number of aryl methyl sites for hydroxylation is 1. The molecule has 1 saturated heterocycles. The SMILES string of the molecule is Cc1oc(-c2cccs2)nc1CC(=O)N1CCC(N)C(C)(C)C1.Cl.Cl. The summed E-state index contributed by atoms with van der Waals surface area (Å²) in [6, 6.07) is 4.07. The van der Waals surface area contributed by atoms with Crippen molar-refractivity contribution in [3.63, 3.8) is 0 Å². The molecule has 0 bridgehead atoms. The first-order chi connectivity index (χ1) is 10.9. The van der Waals surface area contributed by atoms with Crippen molar-refractivity contribution in [2.75, 3.05) is 13.1 Å². The van der Waals surface area contributed by atoms with Crippen LogP contribution in [0.3, 0.4) is 0 Å². The molecule has 1 aliphatic heterocycles. The molecular formula is C17H25Cl2N3O2S. The number of carbonyl (C=O) groups is 1. The standard InChI is InChI=1S/C17H23N3O2S.2ClH/c1-11-12(19-16(22-11)13-5-4-8-23-13)9-15(21)20-7-6-14(18)17(2,3)10-20;;/h4-5,8,14H,6-7,9-10,18H2,1-3H3;2*1H. The van der Waals surface area contributed by atoms with Crippen LogP contribution in [0.5, 0.6) is 0 Å². The minimum absolute atomic E-state index is 0. The van der Waals surface area contributed by atoms with E-state index in [1.165, 1.54) is 0 Å². The van der Waals surface area contributed by atoms with Crippen LogP contribution in [0.4, 0.5) is 0 Å². The summed E-state index contributed by atoms with van der Waals surface area (Å²) < 4.78 is 5.71. The topological polar surface area (TPSA) is 72.4 Å². The van der Waals surface area contributed by atoms with Gasteiger partial charge >= 0.3 is 0 Å². The lowest BCUT2D eigenvalue weighted by molar-refractivity contribution is -0.133. The van der Waals surface area contributed by atoms with E-state index in [4.69, 9.17) is 10.2 Å². The maximum absolute atomic E-state index is 12.6. The van der Waals surface area contributed by atoms with Gasteiger partial charge in [-0.05, 0) is 30.2 Å². The Morgan fingerprint density at radius 3 is 2.80 bits per heavy atom. The predicted octanol–water partition coefficient (Wildman–Crippen LogP) is 3.68. The smallest absolute Gasteiger partial charge is 0.236 e. The van der Waals surface area contributed by atoms with Gasteiger partial charge in [-0.15, -0.1) is 36.2 Å². The van der Waals surface area contributed by atoms with Crippen LogP contribution in [0.2, 0.25) is 0 Å². The molecule has 2 N–H and O–H groups in total. The number of thiophene rings is 1. The Kier molecular flexibility index (Phi) is 7.50. The molecule has 1 atom stereocenters. The second kappa shape index (κ2) is 8.54. The lowest BCUT2D eigenvalue weighted by atomic mass is 9.79. The summed E-state index contributed by atoms with van der Waals surface area (Å²) in [4.78, 5) is 20.0. The number of nitrogens with two attached hydrogens (primary N) is 1. The highest BCUT2D eigenvalue weighted by Crippen LogP contribution is 2.29. The zero-order valence-corrected chi connectivity index (χ0v) is 17.1. The van der Waals surface area contributed by atoms with Crippen LogP contribution >= 0.6 is 36.2 Å². The Morgan fingerprint density at radius 1 is 1.48 bits per heavy atom. The van der Waals surface area contributed by atoms with Crippen LogP contribution in [-0.2, 0) is 11.2 Å². The first-order valence-electron chi connectivity index (χ1n) is 7.90. The Hall–Kier alpha value is -1.08. The zero-order chi connectivity index (χ0) is 16.6. The highest BCUT2D eigenvalue weighted by atomic mass is 35.5. The molecule has 8 heteroatoms. The van der Waals surface area contributed by atoms with E-state index in [1.54, 1.807) is 11.3 Å². The fourth-order valence-electron chi connectivity index (χ4n) is 2.94. The van der Waals surface area contributed by atoms with Crippen molar-refractivity contribution < 1.29 is 9.21 Å². The molecule has 3 rings (SSSR count). The fourth-order valence-corrected chi connectivity index (χ4v) is 3.59. The van der Waals surface area contributed by atoms with Crippen LogP contribution in [0, 0.1) is 12.3 Å². The minimum atomic E-state index is -0.0467. The van der Waals surface area contributed by atoms with E-state index in [1.807, 2.05) is 29.3 Å². The number of aromatic nitrogens is 1. The van der Waals surface area contributed by atoms with Crippen molar-refractivity contribution in [2.24, 2.45) is 11.1 Å². The molecule has 3 heterocycles.